The zero-order chi connectivity index (χ0) is 14.4. The Labute approximate surface area is 117 Å². The molecule has 2 rings (SSSR count). The van der Waals surface area contributed by atoms with Crippen LogP contribution in [0.4, 0.5) is 0 Å². The Morgan fingerprint density at radius 3 is 1.85 bits per heavy atom. The van der Waals surface area contributed by atoms with E-state index in [4.69, 9.17) is 10.5 Å². The van der Waals surface area contributed by atoms with E-state index in [9.17, 15) is 4.79 Å². The molecule has 0 N–H and O–H groups in total. The molecule has 0 fully saturated rings. The maximum atomic E-state index is 12.0. The summed E-state index contributed by atoms with van der Waals surface area (Å²) >= 11 is 0. The molecule has 20 heavy (non-hydrogen) atoms. The quantitative estimate of drug-likeness (QED) is 0.792. The fraction of sp³-hybridized carbons (Fsp3) is 0.118. The molecule has 0 aromatic heterocycles. The molecule has 0 atom stereocenters. The van der Waals surface area contributed by atoms with Gasteiger partial charge in [0, 0.05) is 12.0 Å². The molecule has 3 nitrogen and oxygen atoms in total. The second-order valence-corrected chi connectivity index (χ2v) is 4.42. The number of ketones is 1. The maximum Gasteiger partial charge on any atom is 0.163 e. The van der Waals surface area contributed by atoms with Crippen LogP contribution in [0.25, 0.3) is 0 Å². The molecule has 0 aliphatic rings. The Kier molecular flexibility index (Phi) is 4.27. The van der Waals surface area contributed by atoms with Crippen molar-refractivity contribution in [1.29, 1.82) is 10.5 Å². The van der Waals surface area contributed by atoms with Crippen molar-refractivity contribution in [2.75, 3.05) is 0 Å². The van der Waals surface area contributed by atoms with Crippen LogP contribution in [-0.2, 0) is 6.42 Å². The number of Topliss-reactive ketones (excluding diaryl/α,β-unsaturated/α-hetero) is 1. The van der Waals surface area contributed by atoms with Gasteiger partial charge in [0.1, 0.15) is 0 Å². The molecular formula is C17H12N2O. The van der Waals surface area contributed by atoms with Crippen molar-refractivity contribution in [2.45, 2.75) is 12.8 Å². The lowest BCUT2D eigenvalue weighted by Crippen LogP contribution is -2.01. The van der Waals surface area contributed by atoms with E-state index >= 15 is 0 Å². The molecule has 2 aromatic rings. The number of benzene rings is 2. The van der Waals surface area contributed by atoms with Gasteiger partial charge in [-0.05, 0) is 36.2 Å². The third-order valence-corrected chi connectivity index (χ3v) is 3.06. The second kappa shape index (κ2) is 6.31. The van der Waals surface area contributed by atoms with Crippen LogP contribution < -0.4 is 0 Å². The first-order valence-electron chi connectivity index (χ1n) is 6.25. The van der Waals surface area contributed by atoms with E-state index < -0.39 is 0 Å². The number of carbonyl (C=O) groups is 1. The average Bonchev–Trinajstić information content (AvgIpc) is 2.53. The van der Waals surface area contributed by atoms with Gasteiger partial charge in [0.25, 0.3) is 0 Å². The van der Waals surface area contributed by atoms with Crippen molar-refractivity contribution < 1.29 is 4.79 Å². The van der Waals surface area contributed by atoms with E-state index in [1.807, 2.05) is 18.2 Å². The van der Waals surface area contributed by atoms with E-state index in [0.717, 1.165) is 5.56 Å². The maximum absolute atomic E-state index is 12.0. The zero-order valence-electron chi connectivity index (χ0n) is 10.8. The minimum absolute atomic E-state index is 0.0545. The predicted molar refractivity (Wildman–Crippen MR) is 75.0 cm³/mol. The Balaban J connectivity index is 1.97. The van der Waals surface area contributed by atoms with E-state index in [-0.39, 0.29) is 5.78 Å². The van der Waals surface area contributed by atoms with E-state index in [1.165, 1.54) is 0 Å². The summed E-state index contributed by atoms with van der Waals surface area (Å²) in [6, 6.07) is 18.0. The third-order valence-electron chi connectivity index (χ3n) is 3.06. The summed E-state index contributed by atoms with van der Waals surface area (Å²) in [5.41, 5.74) is 2.82. The van der Waals surface area contributed by atoms with Gasteiger partial charge in [-0.25, -0.2) is 0 Å². The first-order valence-corrected chi connectivity index (χ1v) is 6.25. The van der Waals surface area contributed by atoms with E-state index in [0.29, 0.717) is 29.5 Å². The summed E-state index contributed by atoms with van der Waals surface area (Å²) < 4.78 is 0. The highest BCUT2D eigenvalue weighted by molar-refractivity contribution is 5.96. The minimum atomic E-state index is 0.0545. The smallest absolute Gasteiger partial charge is 0.163 e. The fourth-order valence-electron chi connectivity index (χ4n) is 1.88. The number of hydrogen-bond acceptors (Lipinski definition) is 3. The van der Waals surface area contributed by atoms with Crippen molar-refractivity contribution in [1.82, 2.24) is 0 Å². The Morgan fingerprint density at radius 2 is 1.35 bits per heavy atom. The number of carbonyl (C=O) groups excluding carboxylic acids is 1. The molecule has 0 heterocycles. The Hall–Kier alpha value is -2.91. The largest absolute Gasteiger partial charge is 0.294 e. The first-order chi connectivity index (χ1) is 9.72. The van der Waals surface area contributed by atoms with Crippen LogP contribution in [-0.4, -0.2) is 5.78 Å². The highest BCUT2D eigenvalue weighted by Crippen LogP contribution is 2.11. The standard InChI is InChI=1S/C17H12N2O/c18-11-14-3-1-13(2-4-14)7-10-17(20)16-8-5-15(12-19)6-9-16/h1-6,8-9H,7,10H2. The average molecular weight is 260 g/mol. The molecular weight excluding hydrogens is 248 g/mol. The summed E-state index contributed by atoms with van der Waals surface area (Å²) in [6.07, 6.45) is 1.06. The van der Waals surface area contributed by atoms with Gasteiger partial charge in [-0.3, -0.25) is 4.79 Å². The first kappa shape index (κ1) is 13.5. The van der Waals surface area contributed by atoms with Crippen LogP contribution in [0.3, 0.4) is 0 Å². The molecule has 2 aromatic carbocycles. The van der Waals surface area contributed by atoms with Crippen molar-refractivity contribution in [3.05, 3.63) is 70.8 Å². The molecule has 0 aliphatic carbocycles. The van der Waals surface area contributed by atoms with Crippen LogP contribution in [0.5, 0.6) is 0 Å². The number of aryl methyl sites for hydroxylation is 1. The van der Waals surface area contributed by atoms with Crippen LogP contribution in [0.1, 0.15) is 33.5 Å². The van der Waals surface area contributed by atoms with Crippen molar-refractivity contribution in [3.8, 4) is 12.1 Å². The van der Waals surface area contributed by atoms with Gasteiger partial charge in [-0.15, -0.1) is 0 Å². The van der Waals surface area contributed by atoms with Gasteiger partial charge in [0.2, 0.25) is 0 Å². The van der Waals surface area contributed by atoms with Crippen molar-refractivity contribution in [3.63, 3.8) is 0 Å². The molecule has 0 amide bonds. The highest BCUT2D eigenvalue weighted by atomic mass is 16.1. The molecule has 0 aliphatic heterocycles. The molecule has 0 saturated heterocycles. The Bertz CT molecular complexity index is 686. The molecule has 0 saturated carbocycles. The van der Waals surface area contributed by atoms with Gasteiger partial charge in [-0.2, -0.15) is 10.5 Å². The molecule has 0 bridgehead atoms. The van der Waals surface area contributed by atoms with E-state index in [1.54, 1.807) is 36.4 Å². The van der Waals surface area contributed by atoms with Crippen LogP contribution in [0, 0.1) is 22.7 Å². The number of hydrogen-bond donors (Lipinski definition) is 0. The third kappa shape index (κ3) is 3.31. The number of rotatable bonds is 4. The minimum Gasteiger partial charge on any atom is -0.294 e. The predicted octanol–water partition coefficient (Wildman–Crippen LogP) is 3.25. The highest BCUT2D eigenvalue weighted by Gasteiger charge is 2.06. The summed E-state index contributed by atoms with van der Waals surface area (Å²) in [5, 5.41) is 17.4. The SMILES string of the molecule is N#Cc1ccc(CCC(=O)c2ccc(C#N)cc2)cc1. The summed E-state index contributed by atoms with van der Waals surface area (Å²) in [4.78, 5) is 12.0. The topological polar surface area (TPSA) is 64.7 Å². The normalized spacial score (nSPS) is 9.50. The molecule has 3 heteroatoms. The lowest BCUT2D eigenvalue weighted by Gasteiger charge is -2.02. The number of nitrogens with zero attached hydrogens (tertiary/aromatic N) is 2. The molecule has 96 valence electrons. The van der Waals surface area contributed by atoms with Crippen LogP contribution in [0.2, 0.25) is 0 Å². The van der Waals surface area contributed by atoms with Crippen LogP contribution >= 0.6 is 0 Å². The fourth-order valence-corrected chi connectivity index (χ4v) is 1.88. The lowest BCUT2D eigenvalue weighted by molar-refractivity contribution is 0.0983. The second-order valence-electron chi connectivity index (χ2n) is 4.42. The lowest BCUT2D eigenvalue weighted by atomic mass is 10.0. The van der Waals surface area contributed by atoms with Gasteiger partial charge in [0.05, 0.1) is 23.3 Å². The van der Waals surface area contributed by atoms with Gasteiger partial charge in [0.15, 0.2) is 5.78 Å². The van der Waals surface area contributed by atoms with E-state index in [2.05, 4.69) is 6.07 Å². The van der Waals surface area contributed by atoms with Gasteiger partial charge >= 0.3 is 0 Å². The molecule has 0 radical (unpaired) electrons. The monoisotopic (exact) mass is 260 g/mol. The van der Waals surface area contributed by atoms with Gasteiger partial charge < -0.3 is 0 Å². The molecule has 0 unspecified atom stereocenters. The van der Waals surface area contributed by atoms with Crippen molar-refractivity contribution >= 4 is 5.78 Å². The Morgan fingerprint density at radius 1 is 0.850 bits per heavy atom. The van der Waals surface area contributed by atoms with Crippen LogP contribution in [0.15, 0.2) is 48.5 Å². The zero-order valence-corrected chi connectivity index (χ0v) is 10.8. The van der Waals surface area contributed by atoms with Gasteiger partial charge in [-0.1, -0.05) is 24.3 Å². The summed E-state index contributed by atoms with van der Waals surface area (Å²) in [5.74, 6) is 0.0545. The number of nitriles is 2. The summed E-state index contributed by atoms with van der Waals surface area (Å²) in [6.45, 7) is 0. The molecule has 0 spiro atoms. The van der Waals surface area contributed by atoms with Crippen molar-refractivity contribution in [2.24, 2.45) is 0 Å². The summed E-state index contributed by atoms with van der Waals surface area (Å²) in [7, 11) is 0.